The fourth-order valence-electron chi connectivity index (χ4n) is 3.56. The fourth-order valence-corrected chi connectivity index (χ4v) is 3.56. The summed E-state index contributed by atoms with van der Waals surface area (Å²) in [7, 11) is 1.81. The molecule has 2 N–H and O–H groups in total. The summed E-state index contributed by atoms with van der Waals surface area (Å²) in [5.41, 5.74) is 2.80. The number of hydrogen-bond acceptors (Lipinski definition) is 2. The fraction of sp³-hybridized carbons (Fsp3) is 0.455. The van der Waals surface area contributed by atoms with E-state index in [9.17, 15) is 4.79 Å². The molecule has 5 nitrogen and oxygen atoms in total. The zero-order valence-electron chi connectivity index (χ0n) is 16.4. The van der Waals surface area contributed by atoms with E-state index < -0.39 is 0 Å². The van der Waals surface area contributed by atoms with Crippen LogP contribution in [-0.2, 0) is 13.1 Å². The molecule has 1 heterocycles. The topological polar surface area (TPSA) is 58.4 Å². The Balaban J connectivity index is 1.50. The van der Waals surface area contributed by atoms with Crippen molar-refractivity contribution in [3.63, 3.8) is 0 Å². The van der Waals surface area contributed by atoms with Gasteiger partial charge in [0.2, 0.25) is 0 Å². The molecule has 0 spiro atoms. The number of aliphatic imine (C=N–C) groups is 1. The number of aromatic nitrogens is 1. The first-order valence-electron chi connectivity index (χ1n) is 9.82. The van der Waals surface area contributed by atoms with Crippen molar-refractivity contribution in [1.82, 2.24) is 15.2 Å². The van der Waals surface area contributed by atoms with E-state index in [0.29, 0.717) is 12.0 Å². The van der Waals surface area contributed by atoms with E-state index in [1.165, 1.54) is 31.2 Å². The Bertz CT molecular complexity index is 813. The molecule has 0 atom stereocenters. The lowest BCUT2D eigenvalue weighted by Gasteiger charge is -2.41. The van der Waals surface area contributed by atoms with Crippen LogP contribution in [0.4, 0.5) is 0 Å². The molecule has 5 heteroatoms. The molecule has 0 radical (unpaired) electrons. The molecule has 1 aliphatic rings. The molecule has 1 aromatic carbocycles. The van der Waals surface area contributed by atoms with Crippen LogP contribution in [0.2, 0.25) is 0 Å². The molecule has 3 rings (SSSR count). The highest BCUT2D eigenvalue weighted by atomic mass is 16.1. The van der Waals surface area contributed by atoms with Crippen LogP contribution in [0.25, 0.3) is 0 Å². The van der Waals surface area contributed by atoms with Crippen LogP contribution < -0.4 is 16.2 Å². The minimum atomic E-state index is 0.0226. The molecule has 0 amide bonds. The van der Waals surface area contributed by atoms with Gasteiger partial charge in [0.05, 0.1) is 6.54 Å². The van der Waals surface area contributed by atoms with Crippen LogP contribution in [-0.4, -0.2) is 24.1 Å². The molecule has 27 heavy (non-hydrogen) atoms. The summed E-state index contributed by atoms with van der Waals surface area (Å²) >= 11 is 0. The Morgan fingerprint density at radius 1 is 1.11 bits per heavy atom. The van der Waals surface area contributed by atoms with E-state index in [0.717, 1.165) is 24.6 Å². The van der Waals surface area contributed by atoms with Gasteiger partial charge >= 0.3 is 0 Å². The maximum atomic E-state index is 11.8. The monoisotopic (exact) mass is 366 g/mol. The van der Waals surface area contributed by atoms with E-state index in [2.05, 4.69) is 46.8 Å². The van der Waals surface area contributed by atoms with Crippen molar-refractivity contribution in [3.05, 3.63) is 70.1 Å². The molecule has 0 aliphatic heterocycles. The van der Waals surface area contributed by atoms with Crippen LogP contribution >= 0.6 is 0 Å². The third-order valence-electron chi connectivity index (χ3n) is 5.75. The summed E-state index contributed by atoms with van der Waals surface area (Å²) in [5.74, 6) is 0.856. The summed E-state index contributed by atoms with van der Waals surface area (Å²) < 4.78 is 1.71. The zero-order chi connectivity index (χ0) is 19.1. The van der Waals surface area contributed by atoms with Crippen molar-refractivity contribution in [2.24, 2.45) is 10.4 Å². The average molecular weight is 367 g/mol. The molecule has 1 saturated carbocycles. The van der Waals surface area contributed by atoms with Gasteiger partial charge in [0.1, 0.15) is 0 Å². The number of nitrogens with one attached hydrogen (secondary N) is 2. The molecule has 2 aromatic rings. The lowest BCUT2D eigenvalue weighted by molar-refractivity contribution is 0.131. The molecular weight excluding hydrogens is 336 g/mol. The molecule has 1 fully saturated rings. The van der Waals surface area contributed by atoms with Gasteiger partial charge in [-0.3, -0.25) is 9.79 Å². The van der Waals surface area contributed by atoms with E-state index in [4.69, 9.17) is 0 Å². The molecular formula is C22H30N4O. The lowest BCUT2D eigenvalue weighted by atomic mass is 9.67. The Kier molecular flexibility index (Phi) is 6.32. The predicted octanol–water partition coefficient (Wildman–Crippen LogP) is 3.14. The van der Waals surface area contributed by atoms with Gasteiger partial charge in [0.15, 0.2) is 5.96 Å². The number of benzene rings is 1. The van der Waals surface area contributed by atoms with E-state index in [-0.39, 0.29) is 5.56 Å². The molecule has 0 bridgehead atoms. The van der Waals surface area contributed by atoms with Crippen molar-refractivity contribution >= 4 is 5.96 Å². The Morgan fingerprint density at radius 3 is 2.44 bits per heavy atom. The highest BCUT2D eigenvalue weighted by molar-refractivity contribution is 5.79. The summed E-state index contributed by atoms with van der Waals surface area (Å²) in [6.45, 7) is 4.59. The first kappa shape index (κ1) is 19.2. The van der Waals surface area contributed by atoms with Gasteiger partial charge in [-0.05, 0) is 41.9 Å². The average Bonchev–Trinajstić information content (AvgIpc) is 2.66. The van der Waals surface area contributed by atoms with Gasteiger partial charge in [0, 0.05) is 32.4 Å². The molecule has 0 unspecified atom stereocenters. The predicted molar refractivity (Wildman–Crippen MR) is 111 cm³/mol. The summed E-state index contributed by atoms with van der Waals surface area (Å²) in [4.78, 5) is 16.2. The number of nitrogens with zero attached hydrogens (tertiary/aromatic N) is 2. The largest absolute Gasteiger partial charge is 0.356 e. The summed E-state index contributed by atoms with van der Waals surface area (Å²) in [6.07, 6.45) is 7.03. The number of pyridine rings is 1. The van der Waals surface area contributed by atoms with Gasteiger partial charge in [-0.15, -0.1) is 0 Å². The normalized spacial score (nSPS) is 15.9. The van der Waals surface area contributed by atoms with Crippen LogP contribution in [0.5, 0.6) is 0 Å². The minimum absolute atomic E-state index is 0.0226. The Labute approximate surface area is 161 Å². The lowest BCUT2D eigenvalue weighted by Crippen LogP contribution is -2.46. The van der Waals surface area contributed by atoms with Gasteiger partial charge in [-0.1, -0.05) is 43.7 Å². The van der Waals surface area contributed by atoms with Gasteiger partial charge in [0.25, 0.3) is 5.56 Å². The van der Waals surface area contributed by atoms with Crippen LogP contribution in [0.1, 0.15) is 43.7 Å². The first-order valence-corrected chi connectivity index (χ1v) is 9.82. The molecule has 144 valence electrons. The molecule has 1 aliphatic carbocycles. The summed E-state index contributed by atoms with van der Waals surface area (Å²) in [6, 6.07) is 13.6. The van der Waals surface area contributed by atoms with Crippen LogP contribution in [0, 0.1) is 5.41 Å². The van der Waals surface area contributed by atoms with Crippen molar-refractivity contribution in [1.29, 1.82) is 0 Å². The smallest absolute Gasteiger partial charge is 0.250 e. The number of rotatable bonds is 7. The third-order valence-corrected chi connectivity index (χ3v) is 5.75. The first-order chi connectivity index (χ1) is 13.1. The van der Waals surface area contributed by atoms with Crippen molar-refractivity contribution in [2.75, 3.05) is 13.6 Å². The number of hydrogen-bond donors (Lipinski definition) is 2. The Morgan fingerprint density at radius 2 is 1.85 bits per heavy atom. The second kappa shape index (κ2) is 8.89. The van der Waals surface area contributed by atoms with Gasteiger partial charge < -0.3 is 15.2 Å². The SMILES string of the molecule is CCC1(CNC(=NC)NCc2ccc(Cn3ccccc3=O)cc2)CCC1. The zero-order valence-corrected chi connectivity index (χ0v) is 16.4. The quantitative estimate of drug-likeness (QED) is 0.585. The van der Waals surface area contributed by atoms with Crippen molar-refractivity contribution in [3.8, 4) is 0 Å². The summed E-state index contributed by atoms with van der Waals surface area (Å²) in [5, 5.41) is 6.88. The highest BCUT2D eigenvalue weighted by Gasteiger charge is 2.34. The third kappa shape index (κ3) is 5.00. The van der Waals surface area contributed by atoms with E-state index >= 15 is 0 Å². The van der Waals surface area contributed by atoms with Gasteiger partial charge in [-0.2, -0.15) is 0 Å². The van der Waals surface area contributed by atoms with Crippen LogP contribution in [0.3, 0.4) is 0 Å². The van der Waals surface area contributed by atoms with E-state index in [1.807, 2.05) is 19.3 Å². The molecule has 0 saturated heterocycles. The minimum Gasteiger partial charge on any atom is -0.356 e. The second-order valence-corrected chi connectivity index (χ2v) is 7.47. The van der Waals surface area contributed by atoms with Crippen LogP contribution in [0.15, 0.2) is 58.4 Å². The maximum Gasteiger partial charge on any atom is 0.250 e. The standard InChI is InChI=1S/C22H30N4O/c1-3-22(12-6-13-22)17-25-21(23-2)24-15-18-8-10-19(11-9-18)16-26-14-5-4-7-20(26)27/h4-5,7-11,14H,3,6,12-13,15-17H2,1-2H3,(H2,23,24,25). The van der Waals surface area contributed by atoms with Crippen molar-refractivity contribution in [2.45, 2.75) is 45.7 Å². The second-order valence-electron chi connectivity index (χ2n) is 7.47. The number of guanidine groups is 1. The van der Waals surface area contributed by atoms with Gasteiger partial charge in [-0.25, -0.2) is 0 Å². The highest BCUT2D eigenvalue weighted by Crippen LogP contribution is 2.42. The maximum absolute atomic E-state index is 11.8. The van der Waals surface area contributed by atoms with E-state index in [1.54, 1.807) is 16.7 Å². The van der Waals surface area contributed by atoms with Crippen molar-refractivity contribution < 1.29 is 0 Å². The Hall–Kier alpha value is -2.56. The molecule has 1 aromatic heterocycles.